The molecule has 0 bridgehead atoms. The fraction of sp³-hybridized carbons (Fsp3) is 0.364. The maximum absolute atomic E-state index is 11.8. The molecule has 0 saturated carbocycles. The molecule has 2 rings (SSSR count). The van der Waals surface area contributed by atoms with Crippen molar-refractivity contribution >= 4 is 11.0 Å². The van der Waals surface area contributed by atoms with Crippen LogP contribution in [0, 0.1) is 17.2 Å². The topological polar surface area (TPSA) is 74.5 Å². The smallest absolute Gasteiger partial charge is 0.210 e. The Kier molecular flexibility index (Phi) is 2.49. The molecule has 2 aromatic heterocycles. The van der Waals surface area contributed by atoms with Gasteiger partial charge < -0.3 is 4.98 Å². The first kappa shape index (κ1) is 10.4. The van der Waals surface area contributed by atoms with E-state index in [2.05, 4.69) is 23.9 Å². The largest absolute Gasteiger partial charge is 0.345 e. The highest BCUT2D eigenvalue weighted by molar-refractivity contribution is 5.75. The van der Waals surface area contributed by atoms with E-state index in [9.17, 15) is 4.79 Å². The number of pyridine rings is 1. The van der Waals surface area contributed by atoms with Crippen LogP contribution in [0.2, 0.25) is 0 Å². The number of hydrogen-bond acceptors (Lipinski definition) is 3. The Balaban J connectivity index is 2.64. The first-order valence-corrected chi connectivity index (χ1v) is 5.10. The second-order valence-corrected chi connectivity index (χ2v) is 4.13. The van der Waals surface area contributed by atoms with Gasteiger partial charge in [-0.3, -0.25) is 4.79 Å². The summed E-state index contributed by atoms with van der Waals surface area (Å²) in [6.45, 7) is 4.90. The Hall–Kier alpha value is -2.09. The van der Waals surface area contributed by atoms with Gasteiger partial charge in [0.05, 0.1) is 11.6 Å². The summed E-state index contributed by atoms with van der Waals surface area (Å²) in [4.78, 5) is 14.7. The average molecular weight is 216 g/mol. The first-order chi connectivity index (χ1) is 7.63. The van der Waals surface area contributed by atoms with E-state index in [-0.39, 0.29) is 11.0 Å². The summed E-state index contributed by atoms with van der Waals surface area (Å²) in [6.07, 6.45) is 2.94. The minimum atomic E-state index is -0.258. The summed E-state index contributed by atoms with van der Waals surface area (Å²) in [5, 5.41) is 13.4. The zero-order valence-corrected chi connectivity index (χ0v) is 9.19. The van der Waals surface area contributed by atoms with Crippen LogP contribution in [-0.2, 0) is 6.54 Å². The molecule has 2 aromatic rings. The Morgan fingerprint density at radius 1 is 1.62 bits per heavy atom. The van der Waals surface area contributed by atoms with Gasteiger partial charge in [0.25, 0.3) is 0 Å². The Morgan fingerprint density at radius 3 is 3.00 bits per heavy atom. The number of hydrogen-bond donors (Lipinski definition) is 1. The van der Waals surface area contributed by atoms with Gasteiger partial charge in [-0.1, -0.05) is 13.8 Å². The van der Waals surface area contributed by atoms with Gasteiger partial charge in [-0.15, -0.1) is 0 Å². The number of fused-ring (bicyclic) bond motifs is 1. The van der Waals surface area contributed by atoms with Gasteiger partial charge in [-0.05, 0) is 5.92 Å². The molecule has 0 unspecified atom stereocenters. The van der Waals surface area contributed by atoms with Crippen molar-refractivity contribution in [2.75, 3.05) is 0 Å². The second-order valence-electron chi connectivity index (χ2n) is 4.13. The van der Waals surface area contributed by atoms with Crippen molar-refractivity contribution in [3.05, 3.63) is 28.2 Å². The maximum Gasteiger partial charge on any atom is 0.210 e. The maximum atomic E-state index is 11.8. The average Bonchev–Trinajstić information content (AvgIpc) is 2.62. The van der Waals surface area contributed by atoms with Crippen LogP contribution in [0.25, 0.3) is 11.0 Å². The van der Waals surface area contributed by atoms with Gasteiger partial charge in [0, 0.05) is 12.7 Å². The number of rotatable bonds is 2. The van der Waals surface area contributed by atoms with E-state index in [0.717, 1.165) is 6.54 Å². The molecule has 0 radical (unpaired) electrons. The van der Waals surface area contributed by atoms with Crippen LogP contribution in [0.5, 0.6) is 0 Å². The molecule has 0 fully saturated rings. The minimum Gasteiger partial charge on any atom is -0.345 e. The molecule has 0 aromatic carbocycles. The minimum absolute atomic E-state index is 0.122. The number of nitrogens with one attached hydrogen (secondary N) is 1. The number of nitriles is 1. The fourth-order valence-electron chi connectivity index (χ4n) is 1.62. The normalized spacial score (nSPS) is 10.9. The molecule has 0 saturated heterocycles. The molecule has 0 amide bonds. The SMILES string of the molecule is CC(C)Cn1ncc2c(=O)c(C#N)c[nH]c21. The quantitative estimate of drug-likeness (QED) is 0.821. The van der Waals surface area contributed by atoms with Crippen molar-refractivity contribution in [3.63, 3.8) is 0 Å². The van der Waals surface area contributed by atoms with E-state index in [4.69, 9.17) is 5.26 Å². The van der Waals surface area contributed by atoms with Gasteiger partial charge in [-0.25, -0.2) is 4.68 Å². The molecule has 0 atom stereocenters. The molecule has 0 aliphatic rings. The van der Waals surface area contributed by atoms with Crippen LogP contribution in [0.3, 0.4) is 0 Å². The van der Waals surface area contributed by atoms with E-state index in [1.54, 1.807) is 4.68 Å². The Morgan fingerprint density at radius 2 is 2.38 bits per heavy atom. The zero-order chi connectivity index (χ0) is 11.7. The number of aromatic nitrogens is 3. The summed E-state index contributed by atoms with van der Waals surface area (Å²) in [5.74, 6) is 0.447. The van der Waals surface area contributed by atoms with Crippen LogP contribution in [-0.4, -0.2) is 14.8 Å². The van der Waals surface area contributed by atoms with Gasteiger partial charge in [0.2, 0.25) is 5.43 Å². The lowest BCUT2D eigenvalue weighted by Gasteiger charge is -2.05. The zero-order valence-electron chi connectivity index (χ0n) is 9.19. The van der Waals surface area contributed by atoms with Crippen molar-refractivity contribution in [1.82, 2.24) is 14.8 Å². The second kappa shape index (κ2) is 3.81. The summed E-state index contributed by atoms with van der Waals surface area (Å²) >= 11 is 0. The highest BCUT2D eigenvalue weighted by Gasteiger charge is 2.10. The molecular formula is C11H12N4O. The third-order valence-corrected chi connectivity index (χ3v) is 2.34. The van der Waals surface area contributed by atoms with E-state index >= 15 is 0 Å². The van der Waals surface area contributed by atoms with Crippen LogP contribution in [0.15, 0.2) is 17.2 Å². The van der Waals surface area contributed by atoms with Gasteiger partial charge in [0.1, 0.15) is 17.3 Å². The van der Waals surface area contributed by atoms with Gasteiger partial charge >= 0.3 is 0 Å². The van der Waals surface area contributed by atoms with Crippen molar-refractivity contribution in [2.45, 2.75) is 20.4 Å². The first-order valence-electron chi connectivity index (χ1n) is 5.10. The fourth-order valence-corrected chi connectivity index (χ4v) is 1.62. The van der Waals surface area contributed by atoms with E-state index in [1.807, 2.05) is 6.07 Å². The molecule has 2 heterocycles. The molecular weight excluding hydrogens is 204 g/mol. The molecule has 5 heteroatoms. The monoisotopic (exact) mass is 216 g/mol. The number of nitrogens with zero attached hydrogens (tertiary/aromatic N) is 3. The van der Waals surface area contributed by atoms with E-state index in [0.29, 0.717) is 17.0 Å². The molecule has 0 spiro atoms. The standard InChI is InChI=1S/C11H12N4O/c1-7(2)6-15-11-9(5-14-15)10(16)8(3-12)4-13-11/h4-5,7H,6H2,1-2H3,(H,13,16). The number of aromatic amines is 1. The molecule has 0 aliphatic carbocycles. The highest BCUT2D eigenvalue weighted by atomic mass is 16.1. The van der Waals surface area contributed by atoms with Crippen LogP contribution < -0.4 is 5.43 Å². The lowest BCUT2D eigenvalue weighted by atomic mass is 10.2. The molecule has 1 N–H and O–H groups in total. The predicted molar refractivity (Wildman–Crippen MR) is 59.9 cm³/mol. The third-order valence-electron chi connectivity index (χ3n) is 2.34. The highest BCUT2D eigenvalue weighted by Crippen LogP contribution is 2.09. The third kappa shape index (κ3) is 1.58. The summed E-state index contributed by atoms with van der Waals surface area (Å²) in [5.41, 5.74) is 0.542. The molecule has 82 valence electrons. The molecule has 0 aliphatic heterocycles. The van der Waals surface area contributed by atoms with Gasteiger partial charge in [0.15, 0.2) is 0 Å². The summed E-state index contributed by atoms with van der Waals surface area (Å²) < 4.78 is 1.75. The Labute approximate surface area is 92.3 Å². The van der Waals surface area contributed by atoms with E-state index < -0.39 is 0 Å². The lowest BCUT2D eigenvalue weighted by Crippen LogP contribution is -2.10. The Bertz CT molecular complexity index is 615. The van der Waals surface area contributed by atoms with Gasteiger partial charge in [-0.2, -0.15) is 10.4 Å². The van der Waals surface area contributed by atoms with Crippen LogP contribution >= 0.6 is 0 Å². The predicted octanol–water partition coefficient (Wildman–Crippen LogP) is 1.25. The molecule has 16 heavy (non-hydrogen) atoms. The summed E-state index contributed by atoms with van der Waals surface area (Å²) in [7, 11) is 0. The lowest BCUT2D eigenvalue weighted by molar-refractivity contribution is 0.492. The summed E-state index contributed by atoms with van der Waals surface area (Å²) in [6, 6.07) is 1.86. The van der Waals surface area contributed by atoms with Crippen LogP contribution in [0.4, 0.5) is 0 Å². The molecule has 5 nitrogen and oxygen atoms in total. The van der Waals surface area contributed by atoms with Crippen LogP contribution in [0.1, 0.15) is 19.4 Å². The van der Waals surface area contributed by atoms with E-state index in [1.165, 1.54) is 12.4 Å². The van der Waals surface area contributed by atoms with Crippen molar-refractivity contribution in [3.8, 4) is 6.07 Å². The van der Waals surface area contributed by atoms with Crippen molar-refractivity contribution < 1.29 is 0 Å². The van der Waals surface area contributed by atoms with Crippen molar-refractivity contribution in [2.24, 2.45) is 5.92 Å². The number of H-pyrrole nitrogens is 1. The van der Waals surface area contributed by atoms with Crippen molar-refractivity contribution in [1.29, 1.82) is 5.26 Å².